The second kappa shape index (κ2) is 8.68. The van der Waals surface area contributed by atoms with Crippen LogP contribution in [-0.2, 0) is 16.1 Å². The van der Waals surface area contributed by atoms with Crippen LogP contribution in [0.3, 0.4) is 0 Å². The fourth-order valence-electron chi connectivity index (χ4n) is 1.97. The van der Waals surface area contributed by atoms with Crippen LogP contribution in [0.15, 0.2) is 24.3 Å². The third kappa shape index (κ3) is 4.92. The minimum absolute atomic E-state index is 0.0107. The highest BCUT2D eigenvalue weighted by atomic mass is 16.5. The summed E-state index contributed by atoms with van der Waals surface area (Å²) < 4.78 is 5.06. The molecule has 0 aliphatic carbocycles. The van der Waals surface area contributed by atoms with Crippen LogP contribution in [0, 0.1) is 0 Å². The molecule has 5 nitrogen and oxygen atoms in total. The van der Waals surface area contributed by atoms with Crippen LogP contribution in [0.5, 0.6) is 0 Å². The summed E-state index contributed by atoms with van der Waals surface area (Å²) in [5, 5.41) is 2.92. The molecular formula is C15H25N3O2. The summed E-state index contributed by atoms with van der Waals surface area (Å²) in [6.45, 7) is 6.62. The molecule has 1 unspecified atom stereocenters. The van der Waals surface area contributed by atoms with Gasteiger partial charge >= 0.3 is 0 Å². The first-order valence-corrected chi connectivity index (χ1v) is 6.95. The molecule has 0 aliphatic heterocycles. The van der Waals surface area contributed by atoms with E-state index in [1.165, 1.54) is 0 Å². The van der Waals surface area contributed by atoms with Crippen LogP contribution in [0.2, 0.25) is 0 Å². The van der Waals surface area contributed by atoms with Crippen LogP contribution in [0.4, 0.5) is 5.69 Å². The zero-order valence-corrected chi connectivity index (χ0v) is 12.6. The average Bonchev–Trinajstić information content (AvgIpc) is 2.48. The molecule has 3 N–H and O–H groups in total. The molecule has 0 aliphatic rings. The van der Waals surface area contributed by atoms with Gasteiger partial charge in [0.2, 0.25) is 5.91 Å². The molecule has 1 amide bonds. The van der Waals surface area contributed by atoms with Crippen LogP contribution in [0.1, 0.15) is 19.4 Å². The Hall–Kier alpha value is -1.43. The van der Waals surface area contributed by atoms with Gasteiger partial charge in [0.15, 0.2) is 0 Å². The number of ether oxygens (including phenoxy) is 1. The van der Waals surface area contributed by atoms with Gasteiger partial charge in [-0.1, -0.05) is 19.1 Å². The number of methoxy groups -OCH3 is 1. The zero-order chi connectivity index (χ0) is 15.0. The maximum Gasteiger partial charge on any atom is 0.241 e. The number of carbonyl (C=O) groups excluding carboxylic acids is 1. The molecule has 0 spiro atoms. The van der Waals surface area contributed by atoms with Gasteiger partial charge in [-0.15, -0.1) is 0 Å². The monoisotopic (exact) mass is 279 g/mol. The number of likely N-dealkylation sites (N-methyl/N-ethyl adjacent to an activating group) is 1. The predicted octanol–water partition coefficient (Wildman–Crippen LogP) is 1.44. The highest BCUT2D eigenvalue weighted by Gasteiger charge is 2.19. The third-order valence-corrected chi connectivity index (χ3v) is 3.37. The molecule has 0 bridgehead atoms. The second-order valence-corrected chi connectivity index (χ2v) is 4.69. The topological polar surface area (TPSA) is 67.6 Å². The summed E-state index contributed by atoms with van der Waals surface area (Å²) in [6.07, 6.45) is 0. The molecule has 5 heteroatoms. The van der Waals surface area contributed by atoms with E-state index in [1.807, 2.05) is 38.1 Å². The maximum absolute atomic E-state index is 12.2. The van der Waals surface area contributed by atoms with Crippen molar-refractivity contribution < 1.29 is 9.53 Å². The van der Waals surface area contributed by atoms with E-state index < -0.39 is 0 Å². The minimum atomic E-state index is -0.190. The van der Waals surface area contributed by atoms with Crippen molar-refractivity contribution in [2.75, 3.05) is 32.1 Å². The number of nitrogens with two attached hydrogens (primary N) is 1. The van der Waals surface area contributed by atoms with E-state index in [9.17, 15) is 4.79 Å². The van der Waals surface area contributed by atoms with Gasteiger partial charge in [0.1, 0.15) is 0 Å². The highest BCUT2D eigenvalue weighted by molar-refractivity contribution is 5.94. The second-order valence-electron chi connectivity index (χ2n) is 4.69. The number of nitrogens with one attached hydrogen (secondary N) is 1. The van der Waals surface area contributed by atoms with E-state index in [2.05, 4.69) is 10.2 Å². The first kappa shape index (κ1) is 16.6. The van der Waals surface area contributed by atoms with E-state index in [0.717, 1.165) is 24.3 Å². The van der Waals surface area contributed by atoms with Crippen LogP contribution >= 0.6 is 0 Å². The molecule has 0 aromatic heterocycles. The van der Waals surface area contributed by atoms with Gasteiger partial charge in [-0.2, -0.15) is 0 Å². The van der Waals surface area contributed by atoms with Gasteiger partial charge < -0.3 is 15.8 Å². The molecule has 0 heterocycles. The quantitative estimate of drug-likeness (QED) is 0.755. The Kier molecular flexibility index (Phi) is 7.22. The van der Waals surface area contributed by atoms with Crippen LogP contribution < -0.4 is 11.1 Å². The summed E-state index contributed by atoms with van der Waals surface area (Å²) >= 11 is 0. The number of rotatable bonds is 8. The summed E-state index contributed by atoms with van der Waals surface area (Å²) in [7, 11) is 1.66. The standard InChI is InChI=1S/C15H25N3O2/c1-4-18(9-10-20-3)12(2)15(19)17-14-7-5-13(11-16)6-8-14/h5-8,12H,4,9-11,16H2,1-3H3,(H,17,19). The van der Waals surface area contributed by atoms with Crippen molar-refractivity contribution in [3.8, 4) is 0 Å². The number of benzene rings is 1. The molecule has 0 saturated carbocycles. The number of anilines is 1. The summed E-state index contributed by atoms with van der Waals surface area (Å²) in [5.41, 5.74) is 7.39. The Morgan fingerprint density at radius 1 is 1.40 bits per heavy atom. The summed E-state index contributed by atoms with van der Waals surface area (Å²) in [6, 6.07) is 7.39. The Balaban J connectivity index is 2.58. The number of hydrogen-bond donors (Lipinski definition) is 2. The van der Waals surface area contributed by atoms with Gasteiger partial charge in [0.05, 0.1) is 12.6 Å². The van der Waals surface area contributed by atoms with Gasteiger partial charge in [-0.3, -0.25) is 9.69 Å². The molecule has 1 rings (SSSR count). The molecule has 1 aromatic carbocycles. The smallest absolute Gasteiger partial charge is 0.241 e. The van der Waals surface area contributed by atoms with Crippen molar-refractivity contribution in [1.29, 1.82) is 0 Å². The predicted molar refractivity (Wildman–Crippen MR) is 81.5 cm³/mol. The van der Waals surface area contributed by atoms with E-state index in [1.54, 1.807) is 7.11 Å². The lowest BCUT2D eigenvalue weighted by atomic mass is 10.2. The molecule has 112 valence electrons. The van der Waals surface area contributed by atoms with Crippen molar-refractivity contribution in [1.82, 2.24) is 4.90 Å². The number of carbonyl (C=O) groups is 1. The van der Waals surface area contributed by atoms with Gasteiger partial charge in [0, 0.05) is 25.9 Å². The first-order chi connectivity index (χ1) is 9.62. The van der Waals surface area contributed by atoms with E-state index >= 15 is 0 Å². The van der Waals surface area contributed by atoms with Crippen molar-refractivity contribution in [2.45, 2.75) is 26.4 Å². The molecule has 1 atom stereocenters. The number of nitrogens with zero attached hydrogens (tertiary/aromatic N) is 1. The fraction of sp³-hybridized carbons (Fsp3) is 0.533. The first-order valence-electron chi connectivity index (χ1n) is 6.95. The molecule has 0 fully saturated rings. The van der Waals surface area contributed by atoms with Crippen molar-refractivity contribution in [3.05, 3.63) is 29.8 Å². The summed E-state index contributed by atoms with van der Waals surface area (Å²) in [5.74, 6) is -0.0107. The molecule has 0 radical (unpaired) electrons. The van der Waals surface area contributed by atoms with E-state index in [-0.39, 0.29) is 11.9 Å². The fourth-order valence-corrected chi connectivity index (χ4v) is 1.97. The van der Waals surface area contributed by atoms with Crippen molar-refractivity contribution in [2.24, 2.45) is 5.73 Å². The Labute approximate surface area is 121 Å². The molecule has 0 saturated heterocycles. The highest BCUT2D eigenvalue weighted by Crippen LogP contribution is 2.10. The lowest BCUT2D eigenvalue weighted by Gasteiger charge is -2.26. The van der Waals surface area contributed by atoms with Crippen LogP contribution in [0.25, 0.3) is 0 Å². The maximum atomic E-state index is 12.2. The van der Waals surface area contributed by atoms with Crippen molar-refractivity contribution in [3.63, 3.8) is 0 Å². The van der Waals surface area contributed by atoms with Gasteiger partial charge in [-0.05, 0) is 31.2 Å². The SMILES string of the molecule is CCN(CCOC)C(C)C(=O)Nc1ccc(CN)cc1. The minimum Gasteiger partial charge on any atom is -0.383 e. The normalized spacial score (nSPS) is 12.4. The summed E-state index contributed by atoms with van der Waals surface area (Å²) in [4.78, 5) is 14.3. The average molecular weight is 279 g/mol. The lowest BCUT2D eigenvalue weighted by Crippen LogP contribution is -2.43. The third-order valence-electron chi connectivity index (χ3n) is 3.37. The van der Waals surface area contributed by atoms with Gasteiger partial charge in [-0.25, -0.2) is 0 Å². The lowest BCUT2D eigenvalue weighted by molar-refractivity contribution is -0.120. The number of amides is 1. The largest absolute Gasteiger partial charge is 0.383 e. The number of hydrogen-bond acceptors (Lipinski definition) is 4. The zero-order valence-electron chi connectivity index (χ0n) is 12.6. The molecule has 1 aromatic rings. The van der Waals surface area contributed by atoms with E-state index in [0.29, 0.717) is 13.2 Å². The van der Waals surface area contributed by atoms with E-state index in [4.69, 9.17) is 10.5 Å². The molecule has 20 heavy (non-hydrogen) atoms. The van der Waals surface area contributed by atoms with Gasteiger partial charge in [0.25, 0.3) is 0 Å². The van der Waals surface area contributed by atoms with Crippen LogP contribution in [-0.4, -0.2) is 43.7 Å². The Bertz CT molecular complexity index is 406. The Morgan fingerprint density at radius 2 is 2.05 bits per heavy atom. The van der Waals surface area contributed by atoms with Crippen molar-refractivity contribution >= 4 is 11.6 Å². The Morgan fingerprint density at radius 3 is 2.55 bits per heavy atom. The molecular weight excluding hydrogens is 254 g/mol.